The molecule has 2 aromatic carbocycles. The van der Waals surface area contributed by atoms with Crippen LogP contribution >= 0.6 is 11.3 Å². The average molecular weight is 571 g/mol. The Hall–Kier alpha value is -4.59. The van der Waals surface area contributed by atoms with Crippen LogP contribution in [-0.2, 0) is 4.74 Å². The maximum absolute atomic E-state index is 14.9. The third-order valence-corrected chi connectivity index (χ3v) is 6.51. The van der Waals surface area contributed by atoms with Crippen molar-refractivity contribution in [3.8, 4) is 22.2 Å². The number of ether oxygens (including phenoxy) is 3. The first-order chi connectivity index (χ1) is 19.1. The van der Waals surface area contributed by atoms with Gasteiger partial charge in [-0.15, -0.1) is 11.3 Å². The van der Waals surface area contributed by atoms with Crippen LogP contribution in [0.1, 0.15) is 18.3 Å². The largest absolute Gasteiger partial charge is 0.484 e. The lowest BCUT2D eigenvalue weighted by Gasteiger charge is -2.15. The fourth-order valence-electron chi connectivity index (χ4n) is 3.75. The normalized spacial score (nSPS) is 12.1. The molecule has 5 rings (SSSR count). The quantitative estimate of drug-likeness (QED) is 0.237. The Kier molecular flexibility index (Phi) is 7.60. The van der Waals surface area contributed by atoms with Crippen LogP contribution in [0.5, 0.6) is 11.6 Å². The van der Waals surface area contributed by atoms with Crippen LogP contribution in [0.15, 0.2) is 42.9 Å². The standard InChI is InChI=1S/C26H21F3N6O4S/c1-12-4-16(23-19(5-12)34-22(10-32-23)39-25(28)29)24-35-18-6-17(27)20(7-21(18)40-24)38-13(2)11-37-26(36)33-15-8-30-14(3)31-9-15/h4-10,13,25H,11H2,1-3H3,(H,33,36). The number of amides is 1. The van der Waals surface area contributed by atoms with Gasteiger partial charge in [0, 0.05) is 17.7 Å². The Balaban J connectivity index is 1.32. The molecule has 14 heteroatoms. The number of hydrogen-bond donors (Lipinski definition) is 1. The summed E-state index contributed by atoms with van der Waals surface area (Å²) in [7, 11) is 0. The van der Waals surface area contributed by atoms with E-state index in [1.165, 1.54) is 35.9 Å². The van der Waals surface area contributed by atoms with Crippen LogP contribution in [0.4, 0.5) is 23.7 Å². The molecule has 0 bridgehead atoms. The summed E-state index contributed by atoms with van der Waals surface area (Å²) in [6, 6.07) is 6.30. The van der Waals surface area contributed by atoms with Gasteiger partial charge in [-0.1, -0.05) is 0 Å². The lowest BCUT2D eigenvalue weighted by atomic mass is 10.1. The van der Waals surface area contributed by atoms with Gasteiger partial charge in [0.1, 0.15) is 23.5 Å². The molecule has 206 valence electrons. The highest BCUT2D eigenvalue weighted by Gasteiger charge is 2.18. The van der Waals surface area contributed by atoms with Gasteiger partial charge in [0.25, 0.3) is 0 Å². The minimum absolute atomic E-state index is 0.0335. The Morgan fingerprint density at radius 3 is 2.52 bits per heavy atom. The number of rotatable bonds is 8. The fourth-order valence-corrected chi connectivity index (χ4v) is 4.74. The maximum Gasteiger partial charge on any atom is 0.411 e. The van der Waals surface area contributed by atoms with E-state index in [2.05, 4.69) is 35.0 Å². The first-order valence-corrected chi connectivity index (χ1v) is 12.7. The van der Waals surface area contributed by atoms with Gasteiger partial charge in [-0.3, -0.25) is 5.32 Å². The molecular formula is C26H21F3N6O4S. The number of nitrogens with one attached hydrogen (secondary N) is 1. The summed E-state index contributed by atoms with van der Waals surface area (Å²) in [5.74, 6) is -0.411. The van der Waals surface area contributed by atoms with Crippen molar-refractivity contribution >= 4 is 44.4 Å². The lowest BCUT2D eigenvalue weighted by molar-refractivity contribution is -0.0528. The topological polar surface area (TPSA) is 121 Å². The number of thiazole rings is 1. The van der Waals surface area contributed by atoms with Crippen molar-refractivity contribution in [3.63, 3.8) is 0 Å². The third kappa shape index (κ3) is 6.17. The number of fused-ring (bicyclic) bond motifs is 2. The van der Waals surface area contributed by atoms with Gasteiger partial charge < -0.3 is 14.2 Å². The number of halogens is 3. The molecule has 1 N–H and O–H groups in total. The summed E-state index contributed by atoms with van der Waals surface area (Å²) in [5.41, 5.74) is 2.97. The first kappa shape index (κ1) is 27.0. The lowest BCUT2D eigenvalue weighted by Crippen LogP contribution is -2.24. The Labute approximate surface area is 229 Å². The molecule has 0 aliphatic rings. The molecule has 3 aromatic heterocycles. The number of aromatic nitrogens is 5. The van der Waals surface area contributed by atoms with Crippen LogP contribution in [0, 0.1) is 19.7 Å². The number of nitrogens with zero attached hydrogens (tertiary/aromatic N) is 5. The van der Waals surface area contributed by atoms with Gasteiger partial charge in [-0.25, -0.2) is 34.1 Å². The molecule has 5 aromatic rings. The van der Waals surface area contributed by atoms with Gasteiger partial charge in [-0.05, 0) is 38.5 Å². The summed E-state index contributed by atoms with van der Waals surface area (Å²) in [5, 5.41) is 3.03. The van der Waals surface area contributed by atoms with Crippen molar-refractivity contribution in [1.82, 2.24) is 24.9 Å². The Morgan fingerprint density at radius 1 is 1.00 bits per heavy atom. The fraction of sp³-hybridized carbons (Fsp3) is 0.231. The molecule has 0 aliphatic carbocycles. The summed E-state index contributed by atoms with van der Waals surface area (Å²) < 4.78 is 56.0. The van der Waals surface area contributed by atoms with Crippen molar-refractivity contribution in [2.75, 3.05) is 11.9 Å². The zero-order valence-corrected chi connectivity index (χ0v) is 22.1. The highest BCUT2D eigenvalue weighted by molar-refractivity contribution is 7.21. The van der Waals surface area contributed by atoms with Gasteiger partial charge in [0.15, 0.2) is 11.6 Å². The Bertz CT molecular complexity index is 1700. The summed E-state index contributed by atoms with van der Waals surface area (Å²) in [6.45, 7) is 2.01. The number of carbonyl (C=O) groups is 1. The van der Waals surface area contributed by atoms with Crippen LogP contribution < -0.4 is 14.8 Å². The molecule has 1 atom stereocenters. The van der Waals surface area contributed by atoms with E-state index in [0.717, 1.165) is 11.8 Å². The van der Waals surface area contributed by atoms with E-state index < -0.39 is 24.6 Å². The number of hydrogen-bond acceptors (Lipinski definition) is 10. The van der Waals surface area contributed by atoms with Crippen LogP contribution in [0.2, 0.25) is 0 Å². The highest BCUT2D eigenvalue weighted by atomic mass is 32.1. The molecule has 0 saturated carbocycles. The highest BCUT2D eigenvalue weighted by Crippen LogP contribution is 2.37. The number of anilines is 1. The molecule has 0 radical (unpaired) electrons. The molecule has 1 unspecified atom stereocenters. The maximum atomic E-state index is 14.9. The Morgan fingerprint density at radius 2 is 1.77 bits per heavy atom. The van der Waals surface area contributed by atoms with E-state index in [-0.39, 0.29) is 18.2 Å². The first-order valence-electron chi connectivity index (χ1n) is 11.9. The summed E-state index contributed by atoms with van der Waals surface area (Å²) >= 11 is 1.28. The van der Waals surface area contributed by atoms with Crippen molar-refractivity contribution in [2.24, 2.45) is 0 Å². The van der Waals surface area contributed by atoms with E-state index in [1.807, 2.05) is 13.0 Å². The number of carbonyl (C=O) groups excluding carboxylic acids is 1. The van der Waals surface area contributed by atoms with Crippen molar-refractivity contribution in [2.45, 2.75) is 33.5 Å². The van der Waals surface area contributed by atoms with Crippen molar-refractivity contribution in [1.29, 1.82) is 0 Å². The minimum Gasteiger partial charge on any atom is -0.484 e. The van der Waals surface area contributed by atoms with E-state index in [4.69, 9.17) is 9.47 Å². The van der Waals surface area contributed by atoms with E-state index in [9.17, 15) is 18.0 Å². The molecule has 0 aliphatic heterocycles. The van der Waals surface area contributed by atoms with E-state index in [1.54, 1.807) is 19.9 Å². The number of benzene rings is 2. The van der Waals surface area contributed by atoms with Gasteiger partial charge in [-0.2, -0.15) is 8.78 Å². The predicted molar refractivity (Wildman–Crippen MR) is 141 cm³/mol. The molecule has 10 nitrogen and oxygen atoms in total. The predicted octanol–water partition coefficient (Wildman–Crippen LogP) is 6.07. The smallest absolute Gasteiger partial charge is 0.411 e. The van der Waals surface area contributed by atoms with Crippen molar-refractivity contribution < 1.29 is 32.2 Å². The number of alkyl halides is 2. The molecular weight excluding hydrogens is 549 g/mol. The SMILES string of the molecule is Cc1cc(-c2nc3cc(F)c(OC(C)COC(=O)Nc4cnc(C)nc4)cc3s2)c2ncc(OC(F)F)nc2c1. The molecule has 0 spiro atoms. The van der Waals surface area contributed by atoms with E-state index in [0.29, 0.717) is 43.3 Å². The second-order valence-electron chi connectivity index (χ2n) is 8.71. The molecule has 1 amide bonds. The molecule has 40 heavy (non-hydrogen) atoms. The van der Waals surface area contributed by atoms with Gasteiger partial charge in [0.05, 0.1) is 45.5 Å². The van der Waals surface area contributed by atoms with Crippen LogP contribution in [0.25, 0.3) is 31.8 Å². The van der Waals surface area contributed by atoms with Crippen molar-refractivity contribution in [3.05, 3.63) is 60.1 Å². The molecule has 0 fully saturated rings. The van der Waals surface area contributed by atoms with E-state index >= 15 is 0 Å². The zero-order chi connectivity index (χ0) is 28.4. The summed E-state index contributed by atoms with van der Waals surface area (Å²) in [4.78, 5) is 32.9. The van der Waals surface area contributed by atoms with Crippen LogP contribution in [-0.4, -0.2) is 50.3 Å². The van der Waals surface area contributed by atoms with Crippen LogP contribution in [0.3, 0.4) is 0 Å². The van der Waals surface area contributed by atoms with Gasteiger partial charge in [0.2, 0.25) is 5.88 Å². The second kappa shape index (κ2) is 11.3. The molecule has 0 saturated heterocycles. The monoisotopic (exact) mass is 570 g/mol. The third-order valence-electron chi connectivity index (χ3n) is 5.46. The summed E-state index contributed by atoms with van der Waals surface area (Å²) in [6.07, 6.45) is 2.61. The molecule has 3 heterocycles. The number of aryl methyl sites for hydroxylation is 2. The zero-order valence-electron chi connectivity index (χ0n) is 21.3. The second-order valence-corrected chi connectivity index (χ2v) is 9.74. The average Bonchev–Trinajstić information content (AvgIpc) is 3.30. The minimum atomic E-state index is -3.02. The van der Waals surface area contributed by atoms with Gasteiger partial charge >= 0.3 is 12.7 Å².